The van der Waals surface area contributed by atoms with Gasteiger partial charge in [0.2, 0.25) is 0 Å². The van der Waals surface area contributed by atoms with E-state index in [2.05, 4.69) is 10.3 Å². The fourth-order valence-corrected chi connectivity index (χ4v) is 2.51. The first kappa shape index (κ1) is 12.6. The fraction of sp³-hybridized carbons (Fsp3) is 0.0588. The predicted molar refractivity (Wildman–Crippen MR) is 86.8 cm³/mol. The topological polar surface area (TPSA) is 51.5 Å². The molecular weight excluding hydrogens is 276 g/mol. The van der Waals surface area contributed by atoms with Crippen LogP contribution in [-0.2, 0) is 0 Å². The Balaban J connectivity index is 1.83. The van der Waals surface area contributed by atoms with E-state index >= 15 is 0 Å². The van der Waals surface area contributed by atoms with Crippen molar-refractivity contribution in [3.63, 3.8) is 0 Å². The number of nitrogens with one attached hydrogen (secondary N) is 1. The summed E-state index contributed by atoms with van der Waals surface area (Å²) in [5.41, 5.74) is 3.85. The fourth-order valence-electron chi connectivity index (χ4n) is 2.51. The zero-order chi connectivity index (χ0) is 14.9. The summed E-state index contributed by atoms with van der Waals surface area (Å²) in [6, 6.07) is 15.8. The number of aromatic nitrogens is 3. The Morgan fingerprint density at radius 3 is 2.64 bits per heavy atom. The molecule has 5 nitrogen and oxygen atoms in total. The molecule has 0 unspecified atom stereocenters. The third-order valence-corrected chi connectivity index (χ3v) is 3.61. The van der Waals surface area contributed by atoms with E-state index in [4.69, 9.17) is 9.72 Å². The largest absolute Gasteiger partial charge is 0.497 e. The number of hydrogen-bond acceptors (Lipinski definition) is 4. The molecule has 0 saturated heterocycles. The highest BCUT2D eigenvalue weighted by Crippen LogP contribution is 2.25. The van der Waals surface area contributed by atoms with Crippen LogP contribution in [0.25, 0.3) is 16.6 Å². The van der Waals surface area contributed by atoms with Gasteiger partial charge in [-0.2, -0.15) is 0 Å². The summed E-state index contributed by atoms with van der Waals surface area (Å²) in [7, 11) is 1.66. The smallest absolute Gasteiger partial charge is 0.157 e. The van der Waals surface area contributed by atoms with E-state index in [-0.39, 0.29) is 0 Å². The van der Waals surface area contributed by atoms with Crippen LogP contribution in [0, 0.1) is 0 Å². The number of anilines is 2. The van der Waals surface area contributed by atoms with Crippen molar-refractivity contribution >= 4 is 28.1 Å². The lowest BCUT2D eigenvalue weighted by Crippen LogP contribution is -1.99. The number of imidazole rings is 1. The Bertz CT molecular complexity index is 944. The summed E-state index contributed by atoms with van der Waals surface area (Å²) in [5.74, 6) is 1.60. The maximum Gasteiger partial charge on any atom is 0.157 e. The molecule has 0 aliphatic carbocycles. The summed E-state index contributed by atoms with van der Waals surface area (Å²) in [6.45, 7) is 0. The number of para-hydroxylation sites is 2. The number of ether oxygens (including phenoxy) is 1. The van der Waals surface area contributed by atoms with Crippen LogP contribution in [-0.4, -0.2) is 21.5 Å². The van der Waals surface area contributed by atoms with Gasteiger partial charge in [0.05, 0.1) is 30.7 Å². The highest BCUT2D eigenvalue weighted by Gasteiger charge is 2.08. The minimum Gasteiger partial charge on any atom is -0.497 e. The standard InChI is InChI=1S/C17H14N4O/c1-22-13-8-6-12(7-9-13)19-17-16-10-18-11-21(16)15-5-3-2-4-14(15)20-17/h2-11H,1H3,(H,19,20). The molecule has 0 fully saturated rings. The summed E-state index contributed by atoms with van der Waals surface area (Å²) >= 11 is 0. The second kappa shape index (κ2) is 5.04. The highest BCUT2D eigenvalue weighted by atomic mass is 16.5. The van der Waals surface area contributed by atoms with Crippen molar-refractivity contribution in [2.75, 3.05) is 12.4 Å². The average Bonchev–Trinajstić information content (AvgIpc) is 3.06. The van der Waals surface area contributed by atoms with Gasteiger partial charge in [-0.3, -0.25) is 4.40 Å². The molecule has 4 aromatic rings. The van der Waals surface area contributed by atoms with Crippen LogP contribution in [0.4, 0.5) is 11.5 Å². The van der Waals surface area contributed by atoms with Crippen LogP contribution in [0.1, 0.15) is 0 Å². The summed E-state index contributed by atoms with van der Waals surface area (Å²) in [4.78, 5) is 8.95. The van der Waals surface area contributed by atoms with Crippen LogP contribution in [0.5, 0.6) is 5.75 Å². The van der Waals surface area contributed by atoms with Gasteiger partial charge in [-0.25, -0.2) is 9.97 Å². The lowest BCUT2D eigenvalue weighted by atomic mass is 10.2. The molecule has 2 aromatic carbocycles. The molecule has 0 saturated carbocycles. The first-order chi connectivity index (χ1) is 10.8. The lowest BCUT2D eigenvalue weighted by molar-refractivity contribution is 0.415. The molecule has 1 N–H and O–H groups in total. The minimum atomic E-state index is 0.779. The molecule has 0 aliphatic heterocycles. The first-order valence-corrected chi connectivity index (χ1v) is 6.97. The monoisotopic (exact) mass is 290 g/mol. The number of methoxy groups -OCH3 is 1. The van der Waals surface area contributed by atoms with Gasteiger partial charge in [0.15, 0.2) is 5.82 Å². The number of rotatable bonds is 3. The molecule has 0 bridgehead atoms. The lowest BCUT2D eigenvalue weighted by Gasteiger charge is -2.10. The van der Waals surface area contributed by atoms with Gasteiger partial charge in [-0.1, -0.05) is 12.1 Å². The van der Waals surface area contributed by atoms with E-state index in [1.807, 2.05) is 59.1 Å². The zero-order valence-corrected chi connectivity index (χ0v) is 12.0. The molecule has 2 aromatic heterocycles. The molecule has 0 atom stereocenters. The van der Waals surface area contributed by atoms with Gasteiger partial charge < -0.3 is 10.1 Å². The van der Waals surface area contributed by atoms with Gasteiger partial charge in [-0.15, -0.1) is 0 Å². The molecule has 2 heterocycles. The highest BCUT2D eigenvalue weighted by molar-refractivity contribution is 5.85. The summed E-state index contributed by atoms with van der Waals surface area (Å²) < 4.78 is 7.21. The maximum absolute atomic E-state index is 5.18. The Labute approximate surface area is 127 Å². The van der Waals surface area contributed by atoms with E-state index in [0.29, 0.717) is 0 Å². The number of fused-ring (bicyclic) bond motifs is 3. The van der Waals surface area contributed by atoms with Crippen molar-refractivity contribution in [1.29, 1.82) is 0 Å². The number of nitrogens with zero attached hydrogens (tertiary/aromatic N) is 3. The van der Waals surface area contributed by atoms with E-state index < -0.39 is 0 Å². The van der Waals surface area contributed by atoms with Crippen molar-refractivity contribution in [3.8, 4) is 5.75 Å². The van der Waals surface area contributed by atoms with Crippen molar-refractivity contribution in [2.24, 2.45) is 0 Å². The van der Waals surface area contributed by atoms with Gasteiger partial charge >= 0.3 is 0 Å². The molecule has 108 valence electrons. The molecule has 0 aliphatic rings. The quantitative estimate of drug-likeness (QED) is 0.626. The van der Waals surface area contributed by atoms with Crippen LogP contribution in [0.2, 0.25) is 0 Å². The van der Waals surface area contributed by atoms with Gasteiger partial charge in [-0.05, 0) is 36.4 Å². The first-order valence-electron chi connectivity index (χ1n) is 6.97. The SMILES string of the molecule is COc1ccc(Nc2nc3ccccc3n3cncc23)cc1. The Kier molecular flexibility index (Phi) is 2.89. The van der Waals surface area contributed by atoms with E-state index in [1.54, 1.807) is 13.4 Å². The molecule has 0 amide bonds. The maximum atomic E-state index is 5.18. The van der Waals surface area contributed by atoms with Crippen LogP contribution < -0.4 is 10.1 Å². The molecule has 0 radical (unpaired) electrons. The Morgan fingerprint density at radius 1 is 1.00 bits per heavy atom. The van der Waals surface area contributed by atoms with E-state index in [0.717, 1.165) is 33.8 Å². The zero-order valence-electron chi connectivity index (χ0n) is 12.0. The van der Waals surface area contributed by atoms with E-state index in [1.165, 1.54) is 0 Å². The normalized spacial score (nSPS) is 11.0. The van der Waals surface area contributed by atoms with Crippen LogP contribution in [0.15, 0.2) is 61.1 Å². The summed E-state index contributed by atoms with van der Waals surface area (Å²) in [5, 5.41) is 3.35. The van der Waals surface area contributed by atoms with Crippen molar-refractivity contribution in [3.05, 3.63) is 61.1 Å². The van der Waals surface area contributed by atoms with Gasteiger partial charge in [0.1, 0.15) is 11.3 Å². The number of benzene rings is 2. The third-order valence-electron chi connectivity index (χ3n) is 3.61. The Hall–Kier alpha value is -3.08. The van der Waals surface area contributed by atoms with E-state index in [9.17, 15) is 0 Å². The molecule has 22 heavy (non-hydrogen) atoms. The van der Waals surface area contributed by atoms with Crippen molar-refractivity contribution in [2.45, 2.75) is 0 Å². The van der Waals surface area contributed by atoms with Gasteiger partial charge in [0, 0.05) is 5.69 Å². The predicted octanol–water partition coefficient (Wildman–Crippen LogP) is 3.63. The summed E-state index contributed by atoms with van der Waals surface area (Å²) in [6.07, 6.45) is 3.61. The second-order valence-corrected chi connectivity index (χ2v) is 4.95. The molecule has 0 spiro atoms. The second-order valence-electron chi connectivity index (χ2n) is 4.95. The Morgan fingerprint density at radius 2 is 1.82 bits per heavy atom. The van der Waals surface area contributed by atoms with Crippen molar-refractivity contribution < 1.29 is 4.74 Å². The number of hydrogen-bond donors (Lipinski definition) is 1. The van der Waals surface area contributed by atoms with Gasteiger partial charge in [0.25, 0.3) is 0 Å². The van der Waals surface area contributed by atoms with Crippen LogP contribution in [0.3, 0.4) is 0 Å². The minimum absolute atomic E-state index is 0.779. The molecule has 5 heteroatoms. The van der Waals surface area contributed by atoms with Crippen LogP contribution >= 0.6 is 0 Å². The third kappa shape index (κ3) is 2.03. The van der Waals surface area contributed by atoms with Crippen molar-refractivity contribution in [1.82, 2.24) is 14.4 Å². The molecular formula is C17H14N4O. The average molecular weight is 290 g/mol. The molecule has 4 rings (SSSR count).